The van der Waals surface area contributed by atoms with Crippen molar-refractivity contribution in [2.24, 2.45) is 28.9 Å². The Morgan fingerprint density at radius 3 is 2.57 bits per heavy atom. The number of fused-ring (bicyclic) bond motifs is 2. The third-order valence-electron chi connectivity index (χ3n) is 4.99. The Bertz CT molecular complexity index is 205. The first-order valence-corrected chi connectivity index (χ1v) is 6.27. The highest BCUT2D eigenvalue weighted by molar-refractivity contribution is 5.03. The Morgan fingerprint density at radius 1 is 1.36 bits per heavy atom. The van der Waals surface area contributed by atoms with E-state index < -0.39 is 0 Å². The lowest BCUT2D eigenvalue weighted by molar-refractivity contribution is -0.107. The van der Waals surface area contributed by atoms with Crippen molar-refractivity contribution in [3.05, 3.63) is 0 Å². The summed E-state index contributed by atoms with van der Waals surface area (Å²) in [4.78, 5) is 0. The van der Waals surface area contributed by atoms with E-state index in [0.29, 0.717) is 11.5 Å². The molecule has 0 amide bonds. The summed E-state index contributed by atoms with van der Waals surface area (Å²) in [7, 11) is 0. The van der Waals surface area contributed by atoms with Crippen LogP contribution in [-0.2, 0) is 0 Å². The molecule has 3 fully saturated rings. The zero-order valence-electron chi connectivity index (χ0n) is 9.92. The Morgan fingerprint density at radius 2 is 2.07 bits per heavy atom. The van der Waals surface area contributed by atoms with E-state index in [4.69, 9.17) is 5.73 Å². The fourth-order valence-electron chi connectivity index (χ4n) is 3.79. The lowest BCUT2D eigenvalue weighted by Gasteiger charge is -2.60. The first-order chi connectivity index (χ1) is 6.51. The zero-order valence-corrected chi connectivity index (χ0v) is 9.92. The second kappa shape index (κ2) is 3.52. The molecule has 0 aromatic rings. The molecule has 82 valence electrons. The lowest BCUT2D eigenvalue weighted by atomic mass is 9.45. The standard InChI is InChI=1S/C13H25N/c1-9(14)4-5-10-6-7-11-8-12(10)13(11,2)3/h9-12H,4-8,14H2,1-3H3. The molecule has 4 atom stereocenters. The topological polar surface area (TPSA) is 26.0 Å². The SMILES string of the molecule is CC(N)CCC1CCC2CC1C2(C)C. The molecule has 0 aliphatic heterocycles. The van der Waals surface area contributed by atoms with Crippen LogP contribution in [0.1, 0.15) is 52.9 Å². The van der Waals surface area contributed by atoms with Crippen LogP contribution in [0.25, 0.3) is 0 Å². The summed E-state index contributed by atoms with van der Waals surface area (Å²) in [5.74, 6) is 3.04. The van der Waals surface area contributed by atoms with Gasteiger partial charge in [0.1, 0.15) is 0 Å². The second-order valence-corrected chi connectivity index (χ2v) is 6.25. The van der Waals surface area contributed by atoms with Crippen LogP contribution in [0.3, 0.4) is 0 Å². The van der Waals surface area contributed by atoms with Crippen LogP contribution in [0, 0.1) is 23.2 Å². The summed E-state index contributed by atoms with van der Waals surface area (Å²) < 4.78 is 0. The molecule has 3 saturated carbocycles. The predicted molar refractivity (Wildman–Crippen MR) is 61.0 cm³/mol. The summed E-state index contributed by atoms with van der Waals surface area (Å²) >= 11 is 0. The highest BCUT2D eigenvalue weighted by Crippen LogP contribution is 2.62. The molecule has 1 nitrogen and oxygen atoms in total. The minimum Gasteiger partial charge on any atom is -0.328 e. The van der Waals surface area contributed by atoms with Gasteiger partial charge in [0.2, 0.25) is 0 Å². The molecule has 2 bridgehead atoms. The Balaban J connectivity index is 1.88. The van der Waals surface area contributed by atoms with Gasteiger partial charge in [0.05, 0.1) is 0 Å². The van der Waals surface area contributed by atoms with Gasteiger partial charge < -0.3 is 5.73 Å². The summed E-state index contributed by atoms with van der Waals surface area (Å²) in [6.07, 6.45) is 7.07. The fraction of sp³-hybridized carbons (Fsp3) is 1.00. The van der Waals surface area contributed by atoms with Crippen LogP contribution < -0.4 is 5.73 Å². The predicted octanol–water partition coefficient (Wildman–Crippen LogP) is 3.19. The van der Waals surface area contributed by atoms with Crippen molar-refractivity contribution in [2.75, 3.05) is 0 Å². The fourth-order valence-corrected chi connectivity index (χ4v) is 3.79. The van der Waals surface area contributed by atoms with E-state index in [9.17, 15) is 0 Å². The van der Waals surface area contributed by atoms with E-state index in [2.05, 4.69) is 20.8 Å². The van der Waals surface area contributed by atoms with Crippen molar-refractivity contribution in [3.63, 3.8) is 0 Å². The normalized spacial score (nSPS) is 41.6. The molecule has 3 rings (SSSR count). The van der Waals surface area contributed by atoms with E-state index in [1.54, 1.807) is 0 Å². The first kappa shape index (κ1) is 10.5. The van der Waals surface area contributed by atoms with Gasteiger partial charge in [-0.25, -0.2) is 0 Å². The Labute approximate surface area is 88.4 Å². The lowest BCUT2D eigenvalue weighted by Crippen LogP contribution is -2.52. The van der Waals surface area contributed by atoms with Crippen LogP contribution in [0.4, 0.5) is 0 Å². The van der Waals surface area contributed by atoms with Gasteiger partial charge in [0.25, 0.3) is 0 Å². The van der Waals surface area contributed by atoms with Crippen molar-refractivity contribution in [1.29, 1.82) is 0 Å². The quantitative estimate of drug-likeness (QED) is 0.735. The number of rotatable bonds is 3. The molecule has 0 heterocycles. The molecule has 3 aliphatic carbocycles. The summed E-state index contributed by atoms with van der Waals surface area (Å²) in [5.41, 5.74) is 6.49. The third kappa shape index (κ3) is 1.60. The van der Waals surface area contributed by atoms with E-state index >= 15 is 0 Å². The van der Waals surface area contributed by atoms with Gasteiger partial charge in [-0.3, -0.25) is 0 Å². The van der Waals surface area contributed by atoms with Gasteiger partial charge in [-0.15, -0.1) is 0 Å². The van der Waals surface area contributed by atoms with E-state index in [1.807, 2.05) is 0 Å². The van der Waals surface area contributed by atoms with Crippen LogP contribution in [0.15, 0.2) is 0 Å². The van der Waals surface area contributed by atoms with Crippen molar-refractivity contribution in [1.82, 2.24) is 0 Å². The molecule has 0 radical (unpaired) electrons. The van der Waals surface area contributed by atoms with Crippen molar-refractivity contribution in [2.45, 2.75) is 58.9 Å². The maximum absolute atomic E-state index is 5.84. The van der Waals surface area contributed by atoms with Crippen LogP contribution in [0.2, 0.25) is 0 Å². The van der Waals surface area contributed by atoms with Crippen molar-refractivity contribution >= 4 is 0 Å². The average molecular weight is 195 g/mol. The van der Waals surface area contributed by atoms with Crippen molar-refractivity contribution in [3.8, 4) is 0 Å². The summed E-state index contributed by atoms with van der Waals surface area (Å²) in [6.45, 7) is 7.09. The molecule has 1 heteroatoms. The Hall–Kier alpha value is -0.0400. The van der Waals surface area contributed by atoms with Gasteiger partial charge in [-0.05, 0) is 62.2 Å². The smallest absolute Gasteiger partial charge is 0.00105 e. The molecule has 0 aromatic heterocycles. The van der Waals surface area contributed by atoms with E-state index in [0.717, 1.165) is 17.8 Å². The van der Waals surface area contributed by atoms with E-state index in [-0.39, 0.29) is 0 Å². The Kier molecular flexibility index (Phi) is 2.63. The largest absolute Gasteiger partial charge is 0.328 e. The molecule has 2 N–H and O–H groups in total. The molecule has 0 saturated heterocycles. The molecular weight excluding hydrogens is 170 g/mol. The highest BCUT2D eigenvalue weighted by Gasteiger charge is 2.53. The third-order valence-corrected chi connectivity index (χ3v) is 4.99. The molecular formula is C13H25N. The van der Waals surface area contributed by atoms with Crippen LogP contribution in [0.5, 0.6) is 0 Å². The summed E-state index contributed by atoms with van der Waals surface area (Å²) in [5, 5.41) is 0. The number of hydrogen-bond acceptors (Lipinski definition) is 1. The van der Waals surface area contributed by atoms with E-state index in [1.165, 1.54) is 32.1 Å². The average Bonchev–Trinajstić information content (AvgIpc) is 2.14. The van der Waals surface area contributed by atoms with Gasteiger partial charge in [-0.2, -0.15) is 0 Å². The maximum atomic E-state index is 5.84. The molecule has 3 aliphatic rings. The minimum atomic E-state index is 0.399. The molecule has 4 unspecified atom stereocenters. The van der Waals surface area contributed by atoms with Gasteiger partial charge >= 0.3 is 0 Å². The van der Waals surface area contributed by atoms with Gasteiger partial charge in [-0.1, -0.05) is 13.8 Å². The van der Waals surface area contributed by atoms with Crippen LogP contribution >= 0.6 is 0 Å². The van der Waals surface area contributed by atoms with Crippen molar-refractivity contribution < 1.29 is 0 Å². The highest BCUT2D eigenvalue weighted by atomic mass is 14.6. The number of hydrogen-bond donors (Lipinski definition) is 1. The monoisotopic (exact) mass is 195 g/mol. The molecule has 0 aromatic carbocycles. The van der Waals surface area contributed by atoms with Crippen LogP contribution in [-0.4, -0.2) is 6.04 Å². The maximum Gasteiger partial charge on any atom is 0.00105 e. The first-order valence-electron chi connectivity index (χ1n) is 6.27. The summed E-state index contributed by atoms with van der Waals surface area (Å²) in [6, 6.07) is 0.399. The second-order valence-electron chi connectivity index (χ2n) is 6.25. The zero-order chi connectivity index (χ0) is 10.3. The molecule has 0 spiro atoms. The van der Waals surface area contributed by atoms with Gasteiger partial charge in [0, 0.05) is 6.04 Å². The minimum absolute atomic E-state index is 0.399. The van der Waals surface area contributed by atoms with Gasteiger partial charge in [0.15, 0.2) is 0 Å². The molecule has 14 heavy (non-hydrogen) atoms. The number of nitrogens with two attached hydrogens (primary N) is 1.